The van der Waals surface area contributed by atoms with Crippen molar-refractivity contribution >= 4 is 5.97 Å². The molecule has 1 heterocycles. The monoisotopic (exact) mass is 474 g/mol. The topological polar surface area (TPSA) is 102 Å². The van der Waals surface area contributed by atoms with E-state index in [1.165, 1.54) is 28.3 Å². The molecule has 0 aromatic heterocycles. The molecule has 9 heteroatoms. The first-order valence-electron chi connectivity index (χ1n) is 10.9. The number of rotatable bonds is 5. The lowest BCUT2D eigenvalue weighted by Crippen LogP contribution is -2.43. The molecule has 184 valence electrons. The molecule has 2 aromatic carbocycles. The third-order valence-corrected chi connectivity index (χ3v) is 6.64. The summed E-state index contributed by atoms with van der Waals surface area (Å²) in [7, 11) is 6.07. The van der Waals surface area contributed by atoms with Crippen LogP contribution in [0.2, 0.25) is 0 Å². The molecule has 2 aliphatic rings. The van der Waals surface area contributed by atoms with E-state index in [9.17, 15) is 9.90 Å². The van der Waals surface area contributed by atoms with Crippen LogP contribution in [-0.2, 0) is 16.0 Å². The van der Waals surface area contributed by atoms with Crippen LogP contribution in [0, 0.1) is 5.92 Å². The number of benzene rings is 2. The van der Waals surface area contributed by atoms with E-state index in [-0.39, 0.29) is 12.7 Å². The highest BCUT2D eigenvalue weighted by atomic mass is 16.7. The molecule has 0 radical (unpaired) electrons. The van der Waals surface area contributed by atoms with Crippen molar-refractivity contribution < 1.29 is 43.1 Å². The van der Waals surface area contributed by atoms with Crippen molar-refractivity contribution in [1.29, 1.82) is 0 Å². The minimum absolute atomic E-state index is 0.0633. The number of hydrogen-bond donors (Lipinski definition) is 1. The zero-order valence-electron chi connectivity index (χ0n) is 20.4. The van der Waals surface area contributed by atoms with Crippen molar-refractivity contribution in [2.75, 3.05) is 35.2 Å². The first-order chi connectivity index (χ1) is 16.2. The average Bonchev–Trinajstić information content (AvgIpc) is 3.27. The fraction of sp³-hybridized carbons (Fsp3) is 0.480. The van der Waals surface area contributed by atoms with Gasteiger partial charge in [0.1, 0.15) is 5.60 Å². The summed E-state index contributed by atoms with van der Waals surface area (Å²) >= 11 is 0. The van der Waals surface area contributed by atoms with Gasteiger partial charge in [0.15, 0.2) is 29.1 Å². The van der Waals surface area contributed by atoms with Gasteiger partial charge in [-0.05, 0) is 37.0 Å². The number of ether oxygens (including phenoxy) is 7. The number of fused-ring (bicyclic) bond motifs is 4. The van der Waals surface area contributed by atoms with Gasteiger partial charge in [0.05, 0.1) is 28.4 Å². The summed E-state index contributed by atoms with van der Waals surface area (Å²) in [6.07, 6.45) is -0.601. The zero-order valence-corrected chi connectivity index (χ0v) is 20.4. The quantitative estimate of drug-likeness (QED) is 0.651. The molecule has 0 spiro atoms. The van der Waals surface area contributed by atoms with Crippen molar-refractivity contribution in [3.63, 3.8) is 0 Å². The van der Waals surface area contributed by atoms with Crippen molar-refractivity contribution in [2.45, 2.75) is 38.9 Å². The summed E-state index contributed by atoms with van der Waals surface area (Å²) in [5.41, 5.74) is 1.12. The van der Waals surface area contributed by atoms with Crippen LogP contribution in [-0.4, -0.2) is 51.9 Å². The van der Waals surface area contributed by atoms with Crippen molar-refractivity contribution in [3.05, 3.63) is 23.3 Å². The highest BCUT2D eigenvalue weighted by Crippen LogP contribution is 2.59. The molecule has 1 N–H and O–H groups in total. The van der Waals surface area contributed by atoms with E-state index in [0.29, 0.717) is 57.6 Å². The largest absolute Gasteiger partial charge is 0.493 e. The van der Waals surface area contributed by atoms with Crippen LogP contribution in [0.4, 0.5) is 0 Å². The first-order valence-corrected chi connectivity index (χ1v) is 10.9. The van der Waals surface area contributed by atoms with Crippen LogP contribution in [0.25, 0.3) is 11.1 Å². The van der Waals surface area contributed by atoms with E-state index >= 15 is 0 Å². The predicted octanol–water partition coefficient (Wildman–Crippen LogP) is 3.66. The fourth-order valence-corrected chi connectivity index (χ4v) is 4.79. The lowest BCUT2D eigenvalue weighted by atomic mass is 9.73. The summed E-state index contributed by atoms with van der Waals surface area (Å²) in [5.74, 6) is 1.67. The second-order valence-corrected chi connectivity index (χ2v) is 8.61. The van der Waals surface area contributed by atoms with Crippen molar-refractivity contribution in [1.82, 2.24) is 0 Å². The molecule has 0 unspecified atom stereocenters. The lowest BCUT2D eigenvalue weighted by molar-refractivity contribution is -0.168. The maximum absolute atomic E-state index is 12.2. The Morgan fingerprint density at radius 1 is 1.00 bits per heavy atom. The number of hydrogen-bond acceptors (Lipinski definition) is 9. The molecule has 34 heavy (non-hydrogen) atoms. The Bertz CT molecular complexity index is 1120. The van der Waals surface area contributed by atoms with Crippen LogP contribution in [0.1, 0.15) is 38.0 Å². The van der Waals surface area contributed by atoms with Gasteiger partial charge in [-0.15, -0.1) is 0 Å². The molecule has 2 aromatic rings. The van der Waals surface area contributed by atoms with Gasteiger partial charge in [-0.3, -0.25) is 4.79 Å². The van der Waals surface area contributed by atoms with E-state index < -0.39 is 17.7 Å². The number of carbonyl (C=O) groups is 1. The van der Waals surface area contributed by atoms with E-state index in [4.69, 9.17) is 33.2 Å². The fourth-order valence-electron chi connectivity index (χ4n) is 4.79. The third-order valence-electron chi connectivity index (χ3n) is 6.64. The number of carbonyl (C=O) groups excluding carboxylic acids is 1. The van der Waals surface area contributed by atoms with Gasteiger partial charge in [-0.25, -0.2) is 0 Å². The minimum atomic E-state index is -1.44. The molecule has 3 atom stereocenters. The summed E-state index contributed by atoms with van der Waals surface area (Å²) in [6.45, 7) is 4.94. The average molecular weight is 475 g/mol. The van der Waals surface area contributed by atoms with Gasteiger partial charge >= 0.3 is 5.97 Å². The van der Waals surface area contributed by atoms with Gasteiger partial charge in [0.2, 0.25) is 18.3 Å². The van der Waals surface area contributed by atoms with Gasteiger partial charge in [0.25, 0.3) is 0 Å². The Morgan fingerprint density at radius 3 is 2.26 bits per heavy atom. The van der Waals surface area contributed by atoms with E-state index in [2.05, 4.69) is 0 Å². The van der Waals surface area contributed by atoms with E-state index in [1.54, 1.807) is 20.1 Å². The summed E-state index contributed by atoms with van der Waals surface area (Å²) in [5, 5.41) is 11.7. The molecule has 4 rings (SSSR count). The molecule has 1 aliphatic carbocycles. The van der Waals surface area contributed by atoms with Crippen LogP contribution in [0.15, 0.2) is 12.1 Å². The lowest BCUT2D eigenvalue weighted by Gasteiger charge is -2.41. The summed E-state index contributed by atoms with van der Waals surface area (Å²) in [4.78, 5) is 12.2. The Labute approximate surface area is 198 Å². The molecule has 0 saturated heterocycles. The second-order valence-electron chi connectivity index (χ2n) is 8.61. The molecule has 0 amide bonds. The molecule has 0 saturated carbocycles. The second kappa shape index (κ2) is 8.79. The highest BCUT2D eigenvalue weighted by molar-refractivity contribution is 5.89. The van der Waals surface area contributed by atoms with Crippen molar-refractivity contribution in [2.24, 2.45) is 5.92 Å². The Hall–Kier alpha value is -3.33. The standard InChI is InChI=1S/C25H30O9/c1-12-8-14-9-17-21(33-11-32-17)22(30-6)18(14)19-15(24(25(12,3)27)34-13(2)26)10-16(28-4)20(29-5)23(19)31-7/h9-10,12,24,27H,8,11H2,1-7H3/t12-,24+,25+/m0/s1. The van der Waals surface area contributed by atoms with E-state index in [0.717, 1.165) is 5.56 Å². The summed E-state index contributed by atoms with van der Waals surface area (Å²) < 4.78 is 40.1. The minimum Gasteiger partial charge on any atom is -0.493 e. The molecule has 0 fully saturated rings. The van der Waals surface area contributed by atoms with Crippen LogP contribution in [0.3, 0.4) is 0 Å². The first kappa shape index (κ1) is 23.8. The van der Waals surface area contributed by atoms with Crippen LogP contribution in [0.5, 0.6) is 34.5 Å². The maximum atomic E-state index is 12.2. The van der Waals surface area contributed by atoms with Gasteiger partial charge in [-0.2, -0.15) is 0 Å². The summed E-state index contributed by atoms with van der Waals surface area (Å²) in [6, 6.07) is 3.59. The molecular formula is C25H30O9. The van der Waals surface area contributed by atoms with Gasteiger partial charge < -0.3 is 38.3 Å². The van der Waals surface area contributed by atoms with Crippen molar-refractivity contribution in [3.8, 4) is 45.6 Å². The van der Waals surface area contributed by atoms with Crippen LogP contribution < -0.4 is 28.4 Å². The highest BCUT2D eigenvalue weighted by Gasteiger charge is 2.46. The SMILES string of the molecule is COc1cc2c(c(OC)c1OC)-c1c(cc3c(c1OC)OCO3)C[C@H](C)[C@@](C)(O)[C@@H]2OC(C)=O. The molecule has 1 aliphatic heterocycles. The zero-order chi connectivity index (χ0) is 24.8. The van der Waals surface area contributed by atoms with Gasteiger partial charge in [0, 0.05) is 23.6 Å². The van der Waals surface area contributed by atoms with E-state index in [1.807, 2.05) is 13.0 Å². The van der Waals surface area contributed by atoms with Crippen LogP contribution >= 0.6 is 0 Å². The number of esters is 1. The molecular weight excluding hydrogens is 444 g/mol. The normalized spacial score (nSPS) is 22.6. The smallest absolute Gasteiger partial charge is 0.303 e. The predicted molar refractivity (Wildman–Crippen MR) is 122 cm³/mol. The third kappa shape index (κ3) is 3.55. The number of methoxy groups -OCH3 is 4. The molecule has 0 bridgehead atoms. The molecule has 9 nitrogen and oxygen atoms in total. The Morgan fingerprint density at radius 2 is 1.68 bits per heavy atom. The van der Waals surface area contributed by atoms with Gasteiger partial charge in [-0.1, -0.05) is 6.92 Å². The Balaban J connectivity index is 2.20. The maximum Gasteiger partial charge on any atom is 0.303 e. The Kier molecular flexibility index (Phi) is 6.16. The number of aliphatic hydroxyl groups is 1.